The molecule has 3 aromatic carbocycles. The number of carboxylic acids is 1. The number of aryl methyl sites for hydroxylation is 2. The van der Waals surface area contributed by atoms with Crippen LogP contribution in [0.25, 0.3) is 10.9 Å². The average Bonchev–Trinajstić information content (AvgIpc) is 3.65. The van der Waals surface area contributed by atoms with Gasteiger partial charge in [-0.1, -0.05) is 43.7 Å². The number of carboxylic acid groups (broad SMARTS) is 1. The Kier molecular flexibility index (Phi) is 19.0. The first kappa shape index (κ1) is 54.2. The number of aromatic nitrogens is 2. The van der Waals surface area contributed by atoms with Gasteiger partial charge in [0.1, 0.15) is 29.8 Å². The maximum absolute atomic E-state index is 15.3. The van der Waals surface area contributed by atoms with E-state index in [2.05, 4.69) is 46.9 Å². The molecule has 0 fully saturated rings. The number of imide groups is 1. The fraction of sp³-hybridized carbons (Fsp3) is 0.354. The summed E-state index contributed by atoms with van der Waals surface area (Å²) in [5, 5.41) is 38.0. The van der Waals surface area contributed by atoms with Crippen LogP contribution in [0.3, 0.4) is 0 Å². The van der Waals surface area contributed by atoms with Gasteiger partial charge in [0, 0.05) is 48.5 Å². The topological polar surface area (TPSA) is 373 Å². The molecule has 0 spiro atoms. The van der Waals surface area contributed by atoms with Crippen molar-refractivity contribution >= 4 is 81.5 Å². The number of hydrogen-bond donors (Lipinski definition) is 10. The Balaban J connectivity index is 1.08. The first-order valence-electron chi connectivity index (χ1n) is 23.0. The highest BCUT2D eigenvalue weighted by molar-refractivity contribution is 6.13. The van der Waals surface area contributed by atoms with Crippen LogP contribution in [0, 0.1) is 17.1 Å². The van der Waals surface area contributed by atoms with E-state index in [1.807, 2.05) is 0 Å². The standard InChI is InChI=1S/C48H57FN14O9/c1-25(2)40(59-35(64)9-5-4-6-23-63-36(65)20-21-37(63)66)46(70)55-26(3)43(67)56-30-17-18-31(32(24-30)41(50)61-62-53)45(69)54-22-7-8-34(47(71)72)57-44(68)29-14-11-27(12-15-29)10-13-28-16-19-33-38(39(28)49)42(51)60-48(52)58-33/h11-12,14-21,24-26,34,40H,4-10,13,22-23H2,1-3H3,(H,54,69)(H,55,70)(H,56,67)(H,57,68)(H,59,64)(H,71,72)(H3,50,53,61)(H4,51,52,58,60)/t26-,34-,40-/m0/s1. The number of nitrogens with zero attached hydrogens (tertiary/aromatic N) is 5. The van der Waals surface area contributed by atoms with E-state index in [1.54, 1.807) is 38.1 Å². The summed E-state index contributed by atoms with van der Waals surface area (Å²) in [6.45, 7) is 5.08. The van der Waals surface area contributed by atoms with E-state index in [4.69, 9.17) is 22.7 Å². The fourth-order valence-electron chi connectivity index (χ4n) is 7.58. The van der Waals surface area contributed by atoms with Crippen molar-refractivity contribution in [3.63, 3.8) is 0 Å². The number of nitrogens with one attached hydrogen (secondary N) is 6. The summed E-state index contributed by atoms with van der Waals surface area (Å²) < 4.78 is 15.3. The van der Waals surface area contributed by atoms with E-state index < -0.39 is 59.4 Å². The van der Waals surface area contributed by atoms with E-state index in [0.29, 0.717) is 37.7 Å². The summed E-state index contributed by atoms with van der Waals surface area (Å²) >= 11 is 0. The molecule has 72 heavy (non-hydrogen) atoms. The number of unbranched alkanes of at least 4 members (excludes halogenated alkanes) is 2. The molecular weight excluding hydrogens is 936 g/mol. The number of carbonyl (C=O) groups is 8. The number of aliphatic carboxylic acids is 1. The minimum atomic E-state index is -1.32. The molecule has 1 aliphatic rings. The van der Waals surface area contributed by atoms with Crippen LogP contribution in [0.15, 0.2) is 77.1 Å². The molecule has 0 saturated heterocycles. The zero-order valence-electron chi connectivity index (χ0n) is 39.8. The summed E-state index contributed by atoms with van der Waals surface area (Å²) in [6, 6.07) is 10.2. The third-order valence-corrected chi connectivity index (χ3v) is 11.5. The lowest BCUT2D eigenvalue weighted by Crippen LogP contribution is -2.53. The van der Waals surface area contributed by atoms with Crippen molar-refractivity contribution in [3.8, 4) is 0 Å². The predicted octanol–water partition coefficient (Wildman–Crippen LogP) is 2.83. The van der Waals surface area contributed by atoms with E-state index in [9.17, 15) is 43.5 Å². The van der Waals surface area contributed by atoms with Crippen molar-refractivity contribution in [3.05, 3.63) is 100 Å². The number of benzene rings is 3. The van der Waals surface area contributed by atoms with Crippen molar-refractivity contribution < 1.29 is 47.9 Å². The van der Waals surface area contributed by atoms with Crippen molar-refractivity contribution in [2.45, 2.75) is 90.3 Å². The van der Waals surface area contributed by atoms with Crippen molar-refractivity contribution in [1.29, 1.82) is 5.41 Å². The Bertz CT molecular complexity index is 2780. The minimum absolute atomic E-state index is 0.0410. The highest BCUT2D eigenvalue weighted by Crippen LogP contribution is 2.26. The second-order valence-electron chi connectivity index (χ2n) is 17.2. The number of fused-ring (bicyclic) bond motifs is 1. The van der Waals surface area contributed by atoms with Crippen LogP contribution >= 0.6 is 0 Å². The van der Waals surface area contributed by atoms with Crippen LogP contribution in [0.1, 0.15) is 96.7 Å². The van der Waals surface area contributed by atoms with Gasteiger partial charge >= 0.3 is 5.97 Å². The third kappa shape index (κ3) is 14.7. The van der Waals surface area contributed by atoms with Gasteiger partial charge in [-0.25, -0.2) is 14.2 Å². The normalized spacial score (nSPS) is 13.5. The summed E-state index contributed by atoms with van der Waals surface area (Å²) in [4.78, 5) is 110. The van der Waals surface area contributed by atoms with Gasteiger partial charge in [0.15, 0.2) is 5.84 Å². The second-order valence-corrected chi connectivity index (χ2v) is 17.2. The Hall–Kier alpha value is -8.70. The molecule has 0 aliphatic carbocycles. The third-order valence-electron chi connectivity index (χ3n) is 11.5. The Morgan fingerprint density at radius 1 is 0.819 bits per heavy atom. The van der Waals surface area contributed by atoms with Crippen molar-refractivity contribution in [1.82, 2.24) is 36.1 Å². The van der Waals surface area contributed by atoms with Crippen LogP contribution in [-0.4, -0.2) is 104 Å². The number of rotatable bonds is 24. The van der Waals surface area contributed by atoms with Gasteiger partial charge < -0.3 is 49.0 Å². The number of carbonyl (C=O) groups excluding carboxylic acids is 7. The minimum Gasteiger partial charge on any atom is -0.480 e. The maximum atomic E-state index is 15.3. The molecule has 2 heterocycles. The molecule has 0 saturated carbocycles. The summed E-state index contributed by atoms with van der Waals surface area (Å²) in [6.07, 6.45) is 4.79. The van der Waals surface area contributed by atoms with E-state index in [1.165, 1.54) is 49.4 Å². The van der Waals surface area contributed by atoms with Gasteiger partial charge in [-0.15, -0.1) is 5.11 Å². The first-order valence-corrected chi connectivity index (χ1v) is 23.0. The number of amides is 7. The largest absolute Gasteiger partial charge is 0.480 e. The molecule has 24 heteroatoms. The van der Waals surface area contributed by atoms with Gasteiger partial charge in [-0.3, -0.25) is 43.9 Å². The van der Waals surface area contributed by atoms with Gasteiger partial charge in [0.2, 0.25) is 23.7 Å². The fourth-order valence-corrected chi connectivity index (χ4v) is 7.58. The second kappa shape index (κ2) is 25.2. The van der Waals surface area contributed by atoms with E-state index >= 15 is 4.39 Å². The SMILES string of the molecule is CC(C)[C@H](NC(=O)CCCCCN1C(=O)C=CC1=O)C(=O)N[C@@H](C)C(=O)Nc1ccc(C(=O)NCCC[C@H](NC(=O)c2ccc(CCc3ccc4nc(N)nc(N)c4c3F)cc2)C(=O)O)c(C(=N)N=NN)c1. The summed E-state index contributed by atoms with van der Waals surface area (Å²) in [7, 11) is 0. The number of amidine groups is 1. The quantitative estimate of drug-likeness (QED) is 0.00918. The average molecular weight is 993 g/mol. The molecule has 7 amide bonds. The summed E-state index contributed by atoms with van der Waals surface area (Å²) in [5.74, 6) is -1.42. The van der Waals surface area contributed by atoms with Crippen LogP contribution in [0.2, 0.25) is 0 Å². The summed E-state index contributed by atoms with van der Waals surface area (Å²) in [5.41, 5.74) is 13.1. The van der Waals surface area contributed by atoms with Crippen LogP contribution in [0.5, 0.6) is 0 Å². The molecule has 13 N–H and O–H groups in total. The van der Waals surface area contributed by atoms with Crippen LogP contribution in [0.4, 0.5) is 21.8 Å². The molecule has 1 aromatic heterocycles. The lowest BCUT2D eigenvalue weighted by molar-refractivity contribution is -0.139. The van der Waals surface area contributed by atoms with Crippen molar-refractivity contribution in [2.75, 3.05) is 29.9 Å². The predicted molar refractivity (Wildman–Crippen MR) is 262 cm³/mol. The Labute approximate surface area is 412 Å². The van der Waals surface area contributed by atoms with Gasteiger partial charge in [-0.2, -0.15) is 4.98 Å². The number of anilines is 3. The van der Waals surface area contributed by atoms with Crippen LogP contribution < -0.4 is 43.9 Å². The van der Waals surface area contributed by atoms with Gasteiger partial charge in [0.25, 0.3) is 23.6 Å². The highest BCUT2D eigenvalue weighted by Gasteiger charge is 2.28. The highest BCUT2D eigenvalue weighted by atomic mass is 19.1. The van der Waals surface area contributed by atoms with E-state index in [-0.39, 0.29) is 101 Å². The molecule has 4 aromatic rings. The first-order chi connectivity index (χ1) is 34.3. The lowest BCUT2D eigenvalue weighted by atomic mass is 10.0. The smallest absolute Gasteiger partial charge is 0.326 e. The monoisotopic (exact) mass is 992 g/mol. The number of nitrogen functional groups attached to an aromatic ring is 2. The molecule has 3 atom stereocenters. The Morgan fingerprint density at radius 3 is 2.19 bits per heavy atom. The zero-order valence-corrected chi connectivity index (χ0v) is 39.8. The molecule has 0 bridgehead atoms. The maximum Gasteiger partial charge on any atom is 0.326 e. The molecular formula is C48H57FN14O9. The zero-order chi connectivity index (χ0) is 52.6. The number of hydrogen-bond acceptors (Lipinski definition) is 14. The van der Waals surface area contributed by atoms with Gasteiger partial charge in [-0.05, 0) is 98.9 Å². The van der Waals surface area contributed by atoms with Gasteiger partial charge in [0.05, 0.1) is 16.5 Å². The lowest BCUT2D eigenvalue weighted by Gasteiger charge is -2.24. The number of halogens is 1. The van der Waals surface area contributed by atoms with Crippen LogP contribution in [-0.2, 0) is 41.6 Å². The molecule has 23 nitrogen and oxygen atoms in total. The number of nitrogens with two attached hydrogens (primary N) is 3. The van der Waals surface area contributed by atoms with Crippen molar-refractivity contribution in [2.24, 2.45) is 22.1 Å². The molecule has 5 rings (SSSR count). The molecule has 0 unspecified atom stereocenters. The molecule has 0 radical (unpaired) electrons. The molecule has 1 aliphatic heterocycles. The Morgan fingerprint density at radius 2 is 1.53 bits per heavy atom. The van der Waals surface area contributed by atoms with E-state index in [0.717, 1.165) is 10.5 Å². The molecule has 380 valence electrons.